The average molecular weight is 254 g/mol. The van der Waals surface area contributed by atoms with E-state index in [-0.39, 0.29) is 11.5 Å². The highest BCUT2D eigenvalue weighted by molar-refractivity contribution is 7.13. The molecule has 0 saturated carbocycles. The maximum atomic E-state index is 13.4. The van der Waals surface area contributed by atoms with Gasteiger partial charge in [-0.1, -0.05) is 0 Å². The molecular formula is C11H8F2N2OS. The molecule has 0 unspecified atom stereocenters. The second kappa shape index (κ2) is 4.58. The van der Waals surface area contributed by atoms with Crippen molar-refractivity contribution in [3.05, 3.63) is 35.2 Å². The van der Waals surface area contributed by atoms with E-state index >= 15 is 0 Å². The molecule has 1 amide bonds. The third-order valence-electron chi connectivity index (χ3n) is 1.97. The molecule has 0 fully saturated rings. The molecule has 2 aromatic rings. The van der Waals surface area contributed by atoms with Crippen molar-refractivity contribution in [2.75, 3.05) is 5.32 Å². The van der Waals surface area contributed by atoms with Crippen molar-refractivity contribution in [1.29, 1.82) is 0 Å². The highest BCUT2D eigenvalue weighted by atomic mass is 32.1. The number of benzene rings is 1. The molecular weight excluding hydrogens is 246 g/mol. The third-order valence-corrected chi connectivity index (χ3v) is 2.85. The number of thiazole rings is 1. The Balaban J connectivity index is 2.33. The highest BCUT2D eigenvalue weighted by Crippen LogP contribution is 2.28. The van der Waals surface area contributed by atoms with Gasteiger partial charge >= 0.3 is 0 Å². The van der Waals surface area contributed by atoms with Crippen molar-refractivity contribution < 1.29 is 13.6 Å². The van der Waals surface area contributed by atoms with Gasteiger partial charge in [-0.2, -0.15) is 0 Å². The largest absolute Gasteiger partial charge is 0.310 e. The van der Waals surface area contributed by atoms with Crippen LogP contribution >= 0.6 is 11.3 Å². The van der Waals surface area contributed by atoms with E-state index in [9.17, 15) is 13.6 Å². The van der Waals surface area contributed by atoms with Gasteiger partial charge in [0.1, 0.15) is 22.5 Å². The molecule has 1 heterocycles. The minimum atomic E-state index is -0.672. The zero-order chi connectivity index (χ0) is 12.4. The summed E-state index contributed by atoms with van der Waals surface area (Å²) in [6.45, 7) is 1.36. The number of halogens is 2. The first kappa shape index (κ1) is 11.7. The molecule has 88 valence electrons. The molecule has 1 N–H and O–H groups in total. The number of amides is 1. The number of carbonyl (C=O) groups excluding carboxylic acids is 1. The van der Waals surface area contributed by atoms with Gasteiger partial charge in [0.25, 0.3) is 0 Å². The molecule has 0 aliphatic heterocycles. The molecule has 17 heavy (non-hydrogen) atoms. The lowest BCUT2D eigenvalue weighted by Gasteiger charge is -1.98. The summed E-state index contributed by atoms with van der Waals surface area (Å²) in [6.07, 6.45) is 0. The smallest absolute Gasteiger partial charge is 0.222 e. The molecule has 1 aromatic heterocycles. The molecule has 6 heteroatoms. The average Bonchev–Trinajstić information content (AvgIpc) is 2.65. The number of hydrogen-bond acceptors (Lipinski definition) is 3. The number of nitrogens with one attached hydrogen (secondary N) is 1. The molecule has 0 radical (unpaired) electrons. The van der Waals surface area contributed by atoms with Crippen LogP contribution in [0.5, 0.6) is 0 Å². The number of hydrogen-bond donors (Lipinski definition) is 1. The summed E-state index contributed by atoms with van der Waals surface area (Å²) in [4.78, 5) is 14.8. The van der Waals surface area contributed by atoms with Crippen molar-refractivity contribution in [3.63, 3.8) is 0 Å². The number of anilines is 1. The van der Waals surface area contributed by atoms with E-state index in [1.807, 2.05) is 0 Å². The van der Waals surface area contributed by atoms with Crippen molar-refractivity contribution in [2.45, 2.75) is 6.92 Å². The van der Waals surface area contributed by atoms with Crippen molar-refractivity contribution in [1.82, 2.24) is 4.98 Å². The van der Waals surface area contributed by atoms with Crippen LogP contribution in [0.4, 0.5) is 14.6 Å². The predicted octanol–water partition coefficient (Wildman–Crippen LogP) is 3.05. The van der Waals surface area contributed by atoms with Gasteiger partial charge in [-0.15, -0.1) is 11.3 Å². The van der Waals surface area contributed by atoms with Crippen LogP contribution in [0.3, 0.4) is 0 Å². The van der Waals surface area contributed by atoms with Crippen LogP contribution in [-0.4, -0.2) is 10.9 Å². The van der Waals surface area contributed by atoms with Gasteiger partial charge in [0.05, 0.1) is 0 Å². The first-order chi connectivity index (χ1) is 8.06. The van der Waals surface area contributed by atoms with Gasteiger partial charge in [-0.25, -0.2) is 13.8 Å². The molecule has 3 nitrogen and oxygen atoms in total. The Morgan fingerprint density at radius 2 is 2.18 bits per heavy atom. The monoisotopic (exact) mass is 254 g/mol. The van der Waals surface area contributed by atoms with E-state index in [2.05, 4.69) is 10.3 Å². The summed E-state index contributed by atoms with van der Waals surface area (Å²) in [5.41, 5.74) is 0.216. The van der Waals surface area contributed by atoms with Gasteiger partial charge < -0.3 is 5.32 Å². The highest BCUT2D eigenvalue weighted by Gasteiger charge is 2.10. The van der Waals surface area contributed by atoms with Crippen LogP contribution in [0.15, 0.2) is 23.6 Å². The standard InChI is InChI=1S/C11H8F2N2OS/c1-6(16)14-10-5-17-11(15-10)8-3-2-7(12)4-9(8)13/h2-5H,1H3,(H,14,16). The van der Waals surface area contributed by atoms with Gasteiger partial charge in [0.2, 0.25) is 5.91 Å². The maximum absolute atomic E-state index is 13.4. The molecule has 0 aliphatic rings. The topological polar surface area (TPSA) is 42.0 Å². The van der Waals surface area contributed by atoms with E-state index in [0.717, 1.165) is 12.1 Å². The Bertz CT molecular complexity index is 568. The summed E-state index contributed by atoms with van der Waals surface area (Å²) in [5.74, 6) is -1.19. The predicted molar refractivity (Wildman–Crippen MR) is 61.8 cm³/mol. The lowest BCUT2D eigenvalue weighted by molar-refractivity contribution is -0.114. The molecule has 1 aromatic carbocycles. The lowest BCUT2D eigenvalue weighted by Crippen LogP contribution is -2.05. The maximum Gasteiger partial charge on any atom is 0.222 e. The van der Waals surface area contributed by atoms with Gasteiger partial charge in [0, 0.05) is 23.9 Å². The molecule has 0 saturated heterocycles. The van der Waals surface area contributed by atoms with E-state index in [0.29, 0.717) is 10.8 Å². The van der Waals surface area contributed by atoms with Crippen LogP contribution in [0.2, 0.25) is 0 Å². The Morgan fingerprint density at radius 3 is 2.82 bits per heavy atom. The zero-order valence-corrected chi connectivity index (χ0v) is 9.65. The number of nitrogens with zero attached hydrogens (tertiary/aromatic N) is 1. The number of carbonyl (C=O) groups is 1. The van der Waals surface area contributed by atoms with Crippen LogP contribution in [-0.2, 0) is 4.79 Å². The lowest BCUT2D eigenvalue weighted by atomic mass is 10.2. The number of rotatable bonds is 2. The second-order valence-electron chi connectivity index (χ2n) is 3.34. The number of aromatic nitrogens is 1. The van der Waals surface area contributed by atoms with E-state index in [4.69, 9.17) is 0 Å². The molecule has 0 aliphatic carbocycles. The summed E-state index contributed by atoms with van der Waals surface area (Å²) in [6, 6.07) is 3.29. The van der Waals surface area contributed by atoms with Gasteiger partial charge in [-0.05, 0) is 12.1 Å². The molecule has 0 bridgehead atoms. The van der Waals surface area contributed by atoms with Gasteiger partial charge in [0.15, 0.2) is 0 Å². The first-order valence-corrected chi connectivity index (χ1v) is 5.63. The molecule has 2 rings (SSSR count). The minimum Gasteiger partial charge on any atom is -0.310 e. The fourth-order valence-electron chi connectivity index (χ4n) is 1.30. The quantitative estimate of drug-likeness (QED) is 0.895. The van der Waals surface area contributed by atoms with Crippen molar-refractivity contribution >= 4 is 23.1 Å². The SMILES string of the molecule is CC(=O)Nc1csc(-c2ccc(F)cc2F)n1. The summed E-state index contributed by atoms with van der Waals surface area (Å²) in [7, 11) is 0. The minimum absolute atomic E-state index is 0.216. The van der Waals surface area contributed by atoms with E-state index in [1.54, 1.807) is 5.38 Å². The Hall–Kier alpha value is -1.82. The van der Waals surface area contributed by atoms with Crippen LogP contribution in [0.25, 0.3) is 10.6 Å². The van der Waals surface area contributed by atoms with Crippen molar-refractivity contribution in [2.24, 2.45) is 0 Å². The summed E-state index contributed by atoms with van der Waals surface area (Å²) < 4.78 is 26.2. The molecule has 0 spiro atoms. The Morgan fingerprint density at radius 1 is 1.41 bits per heavy atom. The fraction of sp³-hybridized carbons (Fsp3) is 0.0909. The van der Waals surface area contributed by atoms with Crippen LogP contribution in [0.1, 0.15) is 6.92 Å². The summed E-state index contributed by atoms with van der Waals surface area (Å²) in [5, 5.41) is 4.48. The second-order valence-corrected chi connectivity index (χ2v) is 4.20. The normalized spacial score (nSPS) is 10.3. The van der Waals surface area contributed by atoms with Crippen LogP contribution < -0.4 is 5.32 Å². The molecule has 0 atom stereocenters. The third kappa shape index (κ3) is 2.65. The Kier molecular flexibility index (Phi) is 3.14. The fourth-order valence-corrected chi connectivity index (χ4v) is 2.08. The van der Waals surface area contributed by atoms with Crippen LogP contribution in [0, 0.1) is 11.6 Å². The Labute approximate surface area is 100 Å². The van der Waals surface area contributed by atoms with Gasteiger partial charge in [-0.3, -0.25) is 4.79 Å². The van der Waals surface area contributed by atoms with Crippen molar-refractivity contribution in [3.8, 4) is 10.6 Å². The van der Waals surface area contributed by atoms with E-state index < -0.39 is 11.6 Å². The first-order valence-electron chi connectivity index (χ1n) is 4.75. The zero-order valence-electron chi connectivity index (χ0n) is 8.83. The summed E-state index contributed by atoms with van der Waals surface area (Å²) >= 11 is 1.18. The van der Waals surface area contributed by atoms with E-state index in [1.165, 1.54) is 24.3 Å².